The lowest BCUT2D eigenvalue weighted by molar-refractivity contribution is 0.388. The Morgan fingerprint density at radius 3 is 1.08 bits per heavy atom. The van der Waals surface area contributed by atoms with Crippen LogP contribution in [-0.4, -0.2) is 0 Å². The molecule has 2 aromatic rings. The first-order valence-electron chi connectivity index (χ1n) is 6.73. The predicted molar refractivity (Wildman–Crippen MR) is 69.4 cm³/mol. The van der Waals surface area contributed by atoms with Gasteiger partial charge in [0.15, 0.2) is 46.5 Å². The van der Waals surface area contributed by atoms with Gasteiger partial charge in [0.05, 0.1) is 0 Å². The topological polar surface area (TPSA) is 0 Å². The van der Waals surface area contributed by atoms with Crippen molar-refractivity contribution in [3.05, 3.63) is 69.8 Å². The maximum Gasteiger partial charge on any atom is 0.197 e. The highest BCUT2D eigenvalue weighted by Crippen LogP contribution is 2.37. The molecule has 0 radical (unpaired) electrons. The summed E-state index contributed by atoms with van der Waals surface area (Å²) in [6, 6.07) is 0.756. The standard InChI is InChI=1S/C16H10F8/c1-5(7-3-9(17)13(21)15(23)11(7)19)6(2)8-4-10(18)14(22)16(24)12(8)20/h3-6H,1-2H3/t5-,6-/m0/s1. The zero-order valence-corrected chi connectivity index (χ0v) is 12.3. The van der Waals surface area contributed by atoms with E-state index in [1.807, 2.05) is 0 Å². The van der Waals surface area contributed by atoms with Crippen molar-refractivity contribution in [2.75, 3.05) is 0 Å². The lowest BCUT2D eigenvalue weighted by Crippen LogP contribution is -2.13. The van der Waals surface area contributed by atoms with Crippen LogP contribution in [0.2, 0.25) is 0 Å². The van der Waals surface area contributed by atoms with E-state index in [-0.39, 0.29) is 0 Å². The third-order valence-electron chi connectivity index (χ3n) is 3.99. The molecule has 0 nitrogen and oxygen atoms in total. The monoisotopic (exact) mass is 354 g/mol. The third-order valence-corrected chi connectivity index (χ3v) is 3.99. The molecular weight excluding hydrogens is 344 g/mol. The van der Waals surface area contributed by atoms with Crippen molar-refractivity contribution < 1.29 is 35.1 Å². The van der Waals surface area contributed by atoms with Gasteiger partial charge in [0.25, 0.3) is 0 Å². The highest BCUT2D eigenvalue weighted by Gasteiger charge is 2.29. The number of halogens is 8. The molecule has 0 bridgehead atoms. The molecule has 0 spiro atoms. The fourth-order valence-electron chi connectivity index (χ4n) is 2.38. The molecule has 2 atom stereocenters. The van der Waals surface area contributed by atoms with Crippen LogP contribution in [0.1, 0.15) is 36.8 Å². The van der Waals surface area contributed by atoms with Crippen LogP contribution in [0.4, 0.5) is 35.1 Å². The van der Waals surface area contributed by atoms with Crippen LogP contribution in [0, 0.1) is 46.5 Å². The highest BCUT2D eigenvalue weighted by molar-refractivity contribution is 5.32. The van der Waals surface area contributed by atoms with E-state index in [9.17, 15) is 35.1 Å². The summed E-state index contributed by atoms with van der Waals surface area (Å²) in [6.07, 6.45) is 0. The van der Waals surface area contributed by atoms with Crippen LogP contribution in [0.15, 0.2) is 12.1 Å². The quantitative estimate of drug-likeness (QED) is 0.376. The SMILES string of the molecule is C[C@H](c1cc(F)c(F)c(F)c1F)[C@H](C)c1cc(F)c(F)c(F)c1F. The van der Waals surface area contributed by atoms with Gasteiger partial charge in [0.2, 0.25) is 0 Å². The summed E-state index contributed by atoms with van der Waals surface area (Å²) < 4.78 is 107. The Kier molecular flexibility index (Phi) is 4.87. The average molecular weight is 354 g/mol. The minimum absolute atomic E-state index is 0.378. The summed E-state index contributed by atoms with van der Waals surface area (Å²) in [6.45, 7) is 2.39. The smallest absolute Gasteiger partial charge is 0.197 e. The average Bonchev–Trinajstić information content (AvgIpc) is 2.56. The van der Waals surface area contributed by atoms with Gasteiger partial charge >= 0.3 is 0 Å². The van der Waals surface area contributed by atoms with Crippen molar-refractivity contribution in [3.63, 3.8) is 0 Å². The molecule has 130 valence electrons. The second kappa shape index (κ2) is 6.41. The highest BCUT2D eigenvalue weighted by atomic mass is 19.2. The minimum atomic E-state index is -2.05. The van der Waals surface area contributed by atoms with Crippen LogP contribution < -0.4 is 0 Å². The molecule has 0 unspecified atom stereocenters. The van der Waals surface area contributed by atoms with E-state index in [2.05, 4.69) is 0 Å². The van der Waals surface area contributed by atoms with Gasteiger partial charge in [-0.1, -0.05) is 13.8 Å². The third kappa shape index (κ3) is 2.85. The van der Waals surface area contributed by atoms with E-state index in [1.165, 1.54) is 13.8 Å². The van der Waals surface area contributed by atoms with E-state index >= 15 is 0 Å². The molecule has 2 rings (SSSR count). The summed E-state index contributed by atoms with van der Waals surface area (Å²) in [5, 5.41) is 0. The van der Waals surface area contributed by atoms with E-state index in [1.54, 1.807) is 0 Å². The van der Waals surface area contributed by atoms with Gasteiger partial charge in [-0.2, -0.15) is 0 Å². The number of benzene rings is 2. The van der Waals surface area contributed by atoms with Gasteiger partial charge in [0, 0.05) is 0 Å². The molecule has 0 N–H and O–H groups in total. The summed E-state index contributed by atoms with van der Waals surface area (Å²) in [5.41, 5.74) is -1.30. The number of hydrogen-bond donors (Lipinski definition) is 0. The molecular formula is C16H10F8. The Morgan fingerprint density at radius 1 is 0.500 bits per heavy atom. The maximum absolute atomic E-state index is 13.8. The molecule has 24 heavy (non-hydrogen) atoms. The van der Waals surface area contributed by atoms with Gasteiger partial charge in [-0.3, -0.25) is 0 Å². The predicted octanol–water partition coefficient (Wildman–Crippen LogP) is 5.71. The molecule has 0 fully saturated rings. The van der Waals surface area contributed by atoms with E-state index < -0.39 is 69.5 Å². The molecule has 0 aliphatic carbocycles. The Morgan fingerprint density at radius 2 is 0.792 bits per heavy atom. The number of rotatable bonds is 3. The van der Waals surface area contributed by atoms with Gasteiger partial charge < -0.3 is 0 Å². The summed E-state index contributed by atoms with van der Waals surface area (Å²) >= 11 is 0. The molecule has 2 aromatic carbocycles. The molecule has 0 saturated carbocycles. The van der Waals surface area contributed by atoms with Crippen LogP contribution in [0.5, 0.6) is 0 Å². The summed E-state index contributed by atoms with van der Waals surface area (Å²) in [4.78, 5) is 0. The van der Waals surface area contributed by atoms with Gasteiger partial charge in [-0.25, -0.2) is 35.1 Å². The molecule has 0 aliphatic heterocycles. The molecule has 0 heterocycles. The minimum Gasteiger partial charge on any atom is -0.204 e. The van der Waals surface area contributed by atoms with Crippen LogP contribution in [-0.2, 0) is 0 Å². The van der Waals surface area contributed by atoms with Gasteiger partial charge in [-0.05, 0) is 35.1 Å². The molecule has 8 heteroatoms. The normalized spacial score (nSPS) is 13.9. The Labute approximate surface area is 131 Å². The Hall–Kier alpha value is -2.12. The summed E-state index contributed by atoms with van der Waals surface area (Å²) in [7, 11) is 0. The Bertz CT molecular complexity index is 732. The molecule has 0 saturated heterocycles. The van der Waals surface area contributed by atoms with E-state index in [0.29, 0.717) is 12.1 Å². The van der Waals surface area contributed by atoms with Crippen molar-refractivity contribution in [2.45, 2.75) is 25.7 Å². The van der Waals surface area contributed by atoms with E-state index in [0.717, 1.165) is 0 Å². The number of hydrogen-bond acceptors (Lipinski definition) is 0. The first-order chi connectivity index (χ1) is 11.1. The van der Waals surface area contributed by atoms with Gasteiger partial charge in [-0.15, -0.1) is 0 Å². The van der Waals surface area contributed by atoms with E-state index in [4.69, 9.17) is 0 Å². The first kappa shape index (κ1) is 18.2. The lowest BCUT2D eigenvalue weighted by atomic mass is 9.83. The zero-order valence-electron chi connectivity index (χ0n) is 12.3. The molecule has 0 aromatic heterocycles. The van der Waals surface area contributed by atoms with Crippen LogP contribution >= 0.6 is 0 Å². The van der Waals surface area contributed by atoms with Crippen molar-refractivity contribution >= 4 is 0 Å². The van der Waals surface area contributed by atoms with Crippen LogP contribution in [0.25, 0.3) is 0 Å². The second-order valence-corrected chi connectivity index (χ2v) is 5.36. The van der Waals surface area contributed by atoms with Crippen molar-refractivity contribution in [1.82, 2.24) is 0 Å². The fraction of sp³-hybridized carbons (Fsp3) is 0.250. The van der Waals surface area contributed by atoms with Gasteiger partial charge in [0.1, 0.15) is 0 Å². The first-order valence-corrected chi connectivity index (χ1v) is 6.73. The van der Waals surface area contributed by atoms with Crippen molar-refractivity contribution in [2.24, 2.45) is 0 Å². The maximum atomic E-state index is 13.8. The van der Waals surface area contributed by atoms with Crippen molar-refractivity contribution in [1.29, 1.82) is 0 Å². The molecule has 0 aliphatic rings. The zero-order chi connectivity index (χ0) is 18.3. The molecule has 0 amide bonds. The largest absolute Gasteiger partial charge is 0.204 e. The summed E-state index contributed by atoms with van der Waals surface area (Å²) in [5.74, 6) is -17.3. The van der Waals surface area contributed by atoms with Crippen LogP contribution in [0.3, 0.4) is 0 Å². The second-order valence-electron chi connectivity index (χ2n) is 5.36. The Balaban J connectivity index is 2.54. The van der Waals surface area contributed by atoms with Crippen molar-refractivity contribution in [3.8, 4) is 0 Å². The lowest BCUT2D eigenvalue weighted by Gasteiger charge is -2.22. The fourth-order valence-corrected chi connectivity index (χ4v) is 2.38.